The molecule has 0 spiro atoms. The fraction of sp³-hybridized carbons (Fsp3) is 0.565. The second-order valence-corrected chi connectivity index (χ2v) is 9.12. The molecule has 0 radical (unpaired) electrons. The predicted octanol–water partition coefficient (Wildman–Crippen LogP) is 4.20. The van der Waals surface area contributed by atoms with Gasteiger partial charge in [0.15, 0.2) is 0 Å². The van der Waals surface area contributed by atoms with E-state index in [1.165, 1.54) is 0 Å². The van der Waals surface area contributed by atoms with Gasteiger partial charge < -0.3 is 20.3 Å². The molecule has 32 heavy (non-hydrogen) atoms. The summed E-state index contributed by atoms with van der Waals surface area (Å²) in [5, 5.41) is 24.8. The van der Waals surface area contributed by atoms with Crippen molar-refractivity contribution >= 4 is 29.3 Å². The lowest BCUT2D eigenvalue weighted by Gasteiger charge is -2.27. The van der Waals surface area contributed by atoms with Gasteiger partial charge in [-0.3, -0.25) is 4.79 Å². The van der Waals surface area contributed by atoms with Gasteiger partial charge in [0.1, 0.15) is 23.8 Å². The number of halogens is 1. The van der Waals surface area contributed by atoms with Gasteiger partial charge in [-0.25, -0.2) is 4.79 Å². The van der Waals surface area contributed by atoms with Crippen LogP contribution in [0.15, 0.2) is 18.2 Å². The molecule has 1 saturated heterocycles. The molecule has 2 rings (SSSR count). The second kappa shape index (κ2) is 11.6. The molecule has 9 heteroatoms. The molecular weight excluding hydrogens is 430 g/mol. The predicted molar refractivity (Wildman–Crippen MR) is 122 cm³/mol. The van der Waals surface area contributed by atoms with E-state index in [1.54, 1.807) is 43.9 Å². The normalized spacial score (nSPS) is 16.6. The van der Waals surface area contributed by atoms with E-state index in [-0.39, 0.29) is 5.91 Å². The molecule has 1 aromatic carbocycles. The number of nitriles is 2. The third-order valence-electron chi connectivity index (χ3n) is 5.03. The van der Waals surface area contributed by atoms with Crippen molar-refractivity contribution in [3.05, 3.63) is 28.8 Å². The number of amides is 2. The Hall–Kier alpha value is -2.97. The van der Waals surface area contributed by atoms with E-state index in [0.29, 0.717) is 55.0 Å². The van der Waals surface area contributed by atoms with E-state index in [0.717, 1.165) is 6.42 Å². The molecule has 1 fully saturated rings. The largest absolute Gasteiger partial charge is 0.444 e. The Balaban J connectivity index is 1.95. The van der Waals surface area contributed by atoms with Crippen LogP contribution in [0.4, 0.5) is 10.5 Å². The van der Waals surface area contributed by atoms with E-state index in [9.17, 15) is 20.1 Å². The fourth-order valence-corrected chi connectivity index (χ4v) is 3.77. The topological polar surface area (TPSA) is 118 Å². The summed E-state index contributed by atoms with van der Waals surface area (Å²) in [6.07, 6.45) is 2.53. The number of alkyl carbamates (subject to hydrolysis) is 1. The number of hydrogen-bond donors (Lipinski definition) is 2. The smallest absolute Gasteiger partial charge is 0.408 e. The van der Waals surface area contributed by atoms with Crippen molar-refractivity contribution in [1.82, 2.24) is 10.2 Å². The highest BCUT2D eigenvalue weighted by atomic mass is 35.5. The lowest BCUT2D eigenvalue weighted by Crippen LogP contribution is -2.50. The number of hydrogen-bond acceptors (Lipinski definition) is 6. The molecule has 2 N–H and O–H groups in total. The average molecular weight is 460 g/mol. The molecule has 8 nitrogen and oxygen atoms in total. The van der Waals surface area contributed by atoms with Crippen molar-refractivity contribution in [3.63, 3.8) is 0 Å². The zero-order valence-electron chi connectivity index (χ0n) is 18.8. The number of anilines is 1. The Morgan fingerprint density at radius 2 is 2.06 bits per heavy atom. The minimum atomic E-state index is -0.764. The Morgan fingerprint density at radius 1 is 1.31 bits per heavy atom. The van der Waals surface area contributed by atoms with Crippen LogP contribution < -0.4 is 10.6 Å². The molecule has 0 bridgehead atoms. The number of carbonyl (C=O) groups excluding carboxylic acids is 2. The number of likely N-dealkylation sites (tertiary alicyclic amines) is 1. The summed E-state index contributed by atoms with van der Waals surface area (Å²) in [7, 11) is 0. The van der Waals surface area contributed by atoms with E-state index < -0.39 is 23.8 Å². The van der Waals surface area contributed by atoms with Crippen molar-refractivity contribution in [3.8, 4) is 12.1 Å². The van der Waals surface area contributed by atoms with Crippen molar-refractivity contribution in [2.75, 3.05) is 18.4 Å². The van der Waals surface area contributed by atoms with Gasteiger partial charge in [0.05, 0.1) is 22.3 Å². The first-order valence-corrected chi connectivity index (χ1v) is 11.2. The van der Waals surface area contributed by atoms with Gasteiger partial charge in [0.2, 0.25) is 5.91 Å². The number of unbranched alkanes of at least 4 members (excludes halogenated alkanes) is 1. The summed E-state index contributed by atoms with van der Waals surface area (Å²) >= 11 is 6.05. The van der Waals surface area contributed by atoms with Gasteiger partial charge in [-0.2, -0.15) is 10.5 Å². The van der Waals surface area contributed by atoms with Gasteiger partial charge in [0.25, 0.3) is 0 Å². The lowest BCUT2D eigenvalue weighted by molar-refractivity contribution is -0.133. The second-order valence-electron chi connectivity index (χ2n) is 8.71. The maximum Gasteiger partial charge on any atom is 0.408 e. The van der Waals surface area contributed by atoms with Gasteiger partial charge in [-0.05, 0) is 65.0 Å². The number of nitrogens with zero attached hydrogens (tertiary/aromatic N) is 3. The Morgan fingerprint density at radius 3 is 2.72 bits per heavy atom. The summed E-state index contributed by atoms with van der Waals surface area (Å²) in [6.45, 7) is 6.36. The van der Waals surface area contributed by atoms with Gasteiger partial charge in [-0.15, -0.1) is 0 Å². The zero-order chi connectivity index (χ0) is 23.7. The van der Waals surface area contributed by atoms with Crippen LogP contribution in [0.2, 0.25) is 5.02 Å². The standard InChI is InChI=1S/C23H30ClN5O3/c1-23(2,3)32-22(31)28-20(21(30)29-13-7-8-16(29)14-25)10-4-5-12-27-19-11-6-9-18(24)17(19)15-26/h6,9,11,16,20,27H,4-5,7-8,10,12-13H2,1-3H3,(H,28,31)/t16-,20-/m0/s1. The van der Waals surface area contributed by atoms with Crippen LogP contribution >= 0.6 is 11.6 Å². The molecule has 2 amide bonds. The molecule has 1 aliphatic rings. The molecule has 0 unspecified atom stereocenters. The summed E-state index contributed by atoms with van der Waals surface area (Å²) < 4.78 is 5.31. The molecule has 0 saturated carbocycles. The van der Waals surface area contributed by atoms with Crippen molar-refractivity contribution in [2.24, 2.45) is 0 Å². The molecule has 1 aromatic rings. The van der Waals surface area contributed by atoms with Crippen LogP contribution in [-0.2, 0) is 9.53 Å². The molecule has 0 aromatic heterocycles. The number of carbonyl (C=O) groups is 2. The summed E-state index contributed by atoms with van der Waals surface area (Å²) in [4.78, 5) is 26.9. The third kappa shape index (κ3) is 7.32. The molecule has 2 atom stereocenters. The van der Waals surface area contributed by atoms with E-state index in [2.05, 4.69) is 22.8 Å². The van der Waals surface area contributed by atoms with Crippen molar-refractivity contribution in [1.29, 1.82) is 10.5 Å². The quantitative estimate of drug-likeness (QED) is 0.562. The van der Waals surface area contributed by atoms with Crippen molar-refractivity contribution < 1.29 is 14.3 Å². The summed E-state index contributed by atoms with van der Waals surface area (Å²) in [5.41, 5.74) is 0.374. The fourth-order valence-electron chi connectivity index (χ4n) is 3.55. The summed E-state index contributed by atoms with van der Waals surface area (Å²) in [5.74, 6) is -0.255. The zero-order valence-corrected chi connectivity index (χ0v) is 19.5. The molecular formula is C23H30ClN5O3. The molecule has 172 valence electrons. The van der Waals surface area contributed by atoms with Crippen molar-refractivity contribution in [2.45, 2.75) is 70.6 Å². The van der Waals surface area contributed by atoms with Crippen LogP contribution in [-0.4, -0.2) is 47.7 Å². The van der Waals surface area contributed by atoms with Crippen LogP contribution in [0.1, 0.15) is 58.4 Å². The minimum Gasteiger partial charge on any atom is -0.444 e. The average Bonchev–Trinajstić information content (AvgIpc) is 3.19. The SMILES string of the molecule is CC(C)(C)OC(=O)N[C@@H](CCCCNc1cccc(Cl)c1C#N)C(=O)N1CCC[C@H]1C#N. The Bertz CT molecular complexity index is 900. The van der Waals surface area contributed by atoms with E-state index in [4.69, 9.17) is 16.3 Å². The minimum absolute atomic E-state index is 0.255. The van der Waals surface area contributed by atoms with Gasteiger partial charge >= 0.3 is 6.09 Å². The van der Waals surface area contributed by atoms with Crippen LogP contribution in [0.25, 0.3) is 0 Å². The third-order valence-corrected chi connectivity index (χ3v) is 5.35. The number of nitrogens with one attached hydrogen (secondary N) is 2. The maximum absolute atomic E-state index is 13.1. The van der Waals surface area contributed by atoms with Gasteiger partial charge in [0, 0.05) is 13.1 Å². The lowest BCUT2D eigenvalue weighted by atomic mass is 10.1. The van der Waals surface area contributed by atoms with Gasteiger partial charge in [-0.1, -0.05) is 17.7 Å². The number of ether oxygens (including phenoxy) is 1. The first-order chi connectivity index (χ1) is 15.2. The van der Waals surface area contributed by atoms with E-state index >= 15 is 0 Å². The first kappa shape index (κ1) is 25.3. The van der Waals surface area contributed by atoms with Crippen LogP contribution in [0, 0.1) is 22.7 Å². The van der Waals surface area contributed by atoms with Crippen LogP contribution in [0.5, 0.6) is 0 Å². The molecule has 1 heterocycles. The highest BCUT2D eigenvalue weighted by molar-refractivity contribution is 6.32. The maximum atomic E-state index is 13.1. The molecule has 1 aliphatic heterocycles. The van der Waals surface area contributed by atoms with Crippen LogP contribution in [0.3, 0.4) is 0 Å². The molecule has 0 aliphatic carbocycles. The Labute approximate surface area is 194 Å². The number of benzene rings is 1. The highest BCUT2D eigenvalue weighted by Crippen LogP contribution is 2.23. The Kier molecular flexibility index (Phi) is 9.16. The highest BCUT2D eigenvalue weighted by Gasteiger charge is 2.34. The first-order valence-electron chi connectivity index (χ1n) is 10.8. The monoisotopic (exact) mass is 459 g/mol. The summed E-state index contributed by atoms with van der Waals surface area (Å²) in [6, 6.07) is 8.25. The van der Waals surface area contributed by atoms with E-state index in [1.807, 2.05) is 0 Å². The number of rotatable bonds is 8.